The molecule has 0 aliphatic rings. The Hall–Kier alpha value is -0.610. The van der Waals surface area contributed by atoms with Crippen molar-refractivity contribution in [1.29, 1.82) is 0 Å². The van der Waals surface area contributed by atoms with Crippen molar-refractivity contribution in [2.75, 3.05) is 11.9 Å². The van der Waals surface area contributed by atoms with Crippen LogP contribution in [0.5, 0.6) is 0 Å². The molecule has 0 atom stereocenters. The molecule has 110 valence electrons. The number of aromatic nitrogens is 1. The van der Waals surface area contributed by atoms with Crippen LogP contribution in [-0.2, 0) is 12.0 Å². The van der Waals surface area contributed by atoms with Gasteiger partial charge in [-0.3, -0.25) is 0 Å². The maximum absolute atomic E-state index is 4.89. The van der Waals surface area contributed by atoms with Crippen LogP contribution in [0.15, 0.2) is 0 Å². The summed E-state index contributed by atoms with van der Waals surface area (Å²) in [7, 11) is 2.12. The van der Waals surface area contributed by atoms with E-state index in [1.54, 1.807) is 0 Å². The number of nitrogens with zero attached hydrogens (tertiary/aromatic N) is 2. The predicted molar refractivity (Wildman–Crippen MR) is 86.3 cm³/mol. The number of rotatable bonds is 5. The second-order valence-electron chi connectivity index (χ2n) is 6.76. The maximum atomic E-state index is 4.89. The van der Waals surface area contributed by atoms with Gasteiger partial charge in [0.25, 0.3) is 0 Å². The van der Waals surface area contributed by atoms with Gasteiger partial charge in [-0.2, -0.15) is 0 Å². The van der Waals surface area contributed by atoms with Gasteiger partial charge < -0.3 is 10.2 Å². The molecule has 19 heavy (non-hydrogen) atoms. The molecule has 1 aromatic heterocycles. The number of anilines is 1. The third kappa shape index (κ3) is 4.46. The van der Waals surface area contributed by atoms with Crippen LogP contribution in [-0.4, -0.2) is 24.1 Å². The molecule has 0 fully saturated rings. The van der Waals surface area contributed by atoms with Crippen molar-refractivity contribution in [2.24, 2.45) is 0 Å². The second-order valence-corrected chi connectivity index (χ2v) is 7.82. The van der Waals surface area contributed by atoms with E-state index in [2.05, 4.69) is 65.7 Å². The average Bonchev–Trinajstić information content (AvgIpc) is 2.68. The summed E-state index contributed by atoms with van der Waals surface area (Å²) < 4.78 is 0. The quantitative estimate of drug-likeness (QED) is 0.891. The summed E-state index contributed by atoms with van der Waals surface area (Å²) in [6.45, 7) is 16.4. The fraction of sp³-hybridized carbons (Fsp3) is 0.800. The van der Waals surface area contributed by atoms with Gasteiger partial charge in [0.1, 0.15) is 0 Å². The third-order valence-corrected chi connectivity index (χ3v) is 4.29. The highest BCUT2D eigenvalue weighted by Crippen LogP contribution is 2.34. The fourth-order valence-corrected chi connectivity index (χ4v) is 3.03. The van der Waals surface area contributed by atoms with Gasteiger partial charge in [-0.15, -0.1) is 11.3 Å². The molecule has 0 radical (unpaired) electrons. The highest BCUT2D eigenvalue weighted by Gasteiger charge is 2.24. The van der Waals surface area contributed by atoms with Crippen LogP contribution in [0.2, 0.25) is 0 Å². The first kappa shape index (κ1) is 16.4. The zero-order chi connectivity index (χ0) is 14.8. The molecule has 0 unspecified atom stereocenters. The highest BCUT2D eigenvalue weighted by molar-refractivity contribution is 7.15. The van der Waals surface area contributed by atoms with E-state index in [4.69, 9.17) is 4.98 Å². The molecule has 0 bridgehead atoms. The first-order chi connectivity index (χ1) is 8.62. The van der Waals surface area contributed by atoms with Crippen LogP contribution < -0.4 is 10.2 Å². The monoisotopic (exact) mass is 283 g/mol. The summed E-state index contributed by atoms with van der Waals surface area (Å²) in [5.74, 6) is 0. The Bertz CT molecular complexity index is 402. The molecule has 3 nitrogen and oxygen atoms in total. The van der Waals surface area contributed by atoms with Gasteiger partial charge in [-0.25, -0.2) is 4.98 Å². The molecule has 1 rings (SSSR count). The number of hydrogen-bond acceptors (Lipinski definition) is 4. The molecule has 1 aromatic rings. The van der Waals surface area contributed by atoms with Gasteiger partial charge in [0.15, 0.2) is 5.13 Å². The van der Waals surface area contributed by atoms with E-state index >= 15 is 0 Å². The van der Waals surface area contributed by atoms with Crippen LogP contribution in [0.1, 0.15) is 59.0 Å². The van der Waals surface area contributed by atoms with E-state index in [1.165, 1.54) is 10.6 Å². The smallest absolute Gasteiger partial charge is 0.185 e. The second kappa shape index (κ2) is 6.23. The molecule has 4 heteroatoms. The molecule has 0 aromatic carbocycles. The van der Waals surface area contributed by atoms with Crippen LogP contribution in [0.3, 0.4) is 0 Å². The van der Waals surface area contributed by atoms with Gasteiger partial charge in [0, 0.05) is 36.0 Å². The molecular formula is C15H29N3S. The number of thiazole rings is 1. The molecule has 0 aliphatic heterocycles. The van der Waals surface area contributed by atoms with Gasteiger partial charge in [0.05, 0.1) is 5.69 Å². The first-order valence-corrected chi connectivity index (χ1v) is 7.91. The fourth-order valence-electron chi connectivity index (χ4n) is 1.71. The van der Waals surface area contributed by atoms with Gasteiger partial charge in [-0.1, -0.05) is 34.6 Å². The minimum Gasteiger partial charge on any atom is -0.349 e. The van der Waals surface area contributed by atoms with Gasteiger partial charge in [0.2, 0.25) is 0 Å². The summed E-state index contributed by atoms with van der Waals surface area (Å²) in [6, 6.07) is 0.978. The number of hydrogen-bond donors (Lipinski definition) is 1. The molecule has 0 aliphatic carbocycles. The summed E-state index contributed by atoms with van der Waals surface area (Å²) in [5, 5.41) is 4.63. The van der Waals surface area contributed by atoms with Crippen LogP contribution in [0, 0.1) is 0 Å². The van der Waals surface area contributed by atoms with Crippen molar-refractivity contribution in [3.63, 3.8) is 0 Å². The summed E-state index contributed by atoms with van der Waals surface area (Å²) in [4.78, 5) is 8.50. The van der Waals surface area contributed by atoms with Crippen molar-refractivity contribution in [1.82, 2.24) is 10.3 Å². The minimum absolute atomic E-state index is 0.0978. The topological polar surface area (TPSA) is 28.2 Å². The molecule has 1 N–H and O–H groups in total. The average molecular weight is 283 g/mol. The van der Waals surface area contributed by atoms with Crippen molar-refractivity contribution < 1.29 is 0 Å². The Morgan fingerprint density at radius 2 is 1.79 bits per heavy atom. The van der Waals surface area contributed by atoms with Crippen LogP contribution in [0.4, 0.5) is 5.13 Å². The van der Waals surface area contributed by atoms with Crippen molar-refractivity contribution >= 4 is 16.5 Å². The van der Waals surface area contributed by atoms with Gasteiger partial charge in [-0.05, 0) is 13.8 Å². The van der Waals surface area contributed by atoms with E-state index in [-0.39, 0.29) is 5.41 Å². The Morgan fingerprint density at radius 3 is 2.21 bits per heavy atom. The van der Waals surface area contributed by atoms with E-state index in [9.17, 15) is 0 Å². The Morgan fingerprint density at radius 1 is 1.21 bits per heavy atom. The summed E-state index contributed by atoms with van der Waals surface area (Å²) in [6.07, 6.45) is 0. The predicted octanol–water partition coefficient (Wildman–Crippen LogP) is 3.78. The largest absolute Gasteiger partial charge is 0.349 e. The Kier molecular flexibility index (Phi) is 5.39. The first-order valence-electron chi connectivity index (χ1n) is 7.09. The lowest BCUT2D eigenvalue weighted by Gasteiger charge is -2.21. The van der Waals surface area contributed by atoms with Gasteiger partial charge >= 0.3 is 0 Å². The lowest BCUT2D eigenvalue weighted by Crippen LogP contribution is -2.25. The Balaban J connectivity index is 3.06. The summed E-state index contributed by atoms with van der Waals surface area (Å²) in [5.41, 5.74) is 1.33. The molecule has 0 saturated heterocycles. The highest BCUT2D eigenvalue weighted by atomic mass is 32.1. The van der Waals surface area contributed by atoms with E-state index in [0.29, 0.717) is 12.1 Å². The van der Waals surface area contributed by atoms with E-state index < -0.39 is 0 Å². The van der Waals surface area contributed by atoms with Crippen molar-refractivity contribution in [3.8, 4) is 0 Å². The van der Waals surface area contributed by atoms with Crippen molar-refractivity contribution in [2.45, 2.75) is 72.5 Å². The van der Waals surface area contributed by atoms with Crippen LogP contribution in [0.25, 0.3) is 0 Å². The van der Waals surface area contributed by atoms with E-state index in [0.717, 1.165) is 11.7 Å². The number of nitrogens with one attached hydrogen (secondary N) is 1. The lowest BCUT2D eigenvalue weighted by atomic mass is 9.91. The molecule has 0 spiro atoms. The molecule has 0 amide bonds. The normalized spacial score (nSPS) is 12.5. The minimum atomic E-state index is 0.0978. The maximum Gasteiger partial charge on any atom is 0.185 e. The van der Waals surface area contributed by atoms with E-state index in [1.807, 2.05) is 11.3 Å². The lowest BCUT2D eigenvalue weighted by molar-refractivity contribution is 0.545. The molecule has 1 heterocycles. The molecular weight excluding hydrogens is 254 g/mol. The third-order valence-electron chi connectivity index (χ3n) is 3.14. The van der Waals surface area contributed by atoms with Crippen molar-refractivity contribution in [3.05, 3.63) is 10.6 Å². The molecule has 0 saturated carbocycles. The van der Waals surface area contributed by atoms with Crippen LogP contribution >= 0.6 is 11.3 Å². The zero-order valence-electron chi connectivity index (χ0n) is 13.7. The summed E-state index contributed by atoms with van der Waals surface area (Å²) >= 11 is 1.82. The SMILES string of the molecule is CC(C)NCc1sc(N(C)C(C)C)nc1C(C)(C)C. The standard InChI is InChI=1S/C15H29N3S/c1-10(2)16-9-12-13(15(5,6)7)17-14(19-12)18(8)11(3)4/h10-11,16H,9H2,1-8H3. The zero-order valence-corrected chi connectivity index (χ0v) is 14.5. The Labute approximate surface area is 122 Å².